The van der Waals surface area contributed by atoms with Gasteiger partial charge in [-0.1, -0.05) is 0 Å². The third-order valence-electron chi connectivity index (χ3n) is 6.47. The average Bonchev–Trinajstić information content (AvgIpc) is 3.15. The van der Waals surface area contributed by atoms with Gasteiger partial charge in [0, 0.05) is 36.7 Å². The standard InChI is InChI=1S/C22H28N6O2/c1-3-30-15-5-7-16(14(8-15)10-23)21-19(12-25-28(21)2)13-4-6-17-18(9-13)20(11-24)26-27-22(17)29/h5,7-8,12-13,17-18,20,26H,3-4,6,9,11,24H2,1-2H3,(H,27,29). The van der Waals surface area contributed by atoms with Crippen molar-refractivity contribution < 1.29 is 9.53 Å². The molecule has 2 aromatic rings. The average molecular weight is 409 g/mol. The van der Waals surface area contributed by atoms with Gasteiger partial charge in [-0.15, -0.1) is 0 Å². The predicted molar refractivity (Wildman–Crippen MR) is 112 cm³/mol. The number of ether oxygens (including phenoxy) is 1. The van der Waals surface area contributed by atoms with Gasteiger partial charge in [0.2, 0.25) is 5.91 Å². The number of carbonyl (C=O) groups is 1. The number of hydrogen-bond acceptors (Lipinski definition) is 6. The molecule has 4 N–H and O–H groups in total. The Morgan fingerprint density at radius 3 is 2.97 bits per heavy atom. The first-order chi connectivity index (χ1) is 14.6. The van der Waals surface area contributed by atoms with Crippen molar-refractivity contribution in [3.8, 4) is 23.1 Å². The van der Waals surface area contributed by atoms with E-state index < -0.39 is 0 Å². The summed E-state index contributed by atoms with van der Waals surface area (Å²) in [7, 11) is 1.90. The molecule has 4 unspecified atom stereocenters. The lowest BCUT2D eigenvalue weighted by molar-refractivity contribution is -0.133. The van der Waals surface area contributed by atoms with E-state index in [9.17, 15) is 10.1 Å². The van der Waals surface area contributed by atoms with Crippen molar-refractivity contribution >= 4 is 5.91 Å². The van der Waals surface area contributed by atoms with Crippen LogP contribution in [-0.4, -0.2) is 34.9 Å². The maximum Gasteiger partial charge on any atom is 0.237 e. The number of hydrogen-bond donors (Lipinski definition) is 3. The molecule has 2 fully saturated rings. The summed E-state index contributed by atoms with van der Waals surface area (Å²) in [6.07, 6.45) is 4.50. The van der Waals surface area contributed by atoms with Crippen molar-refractivity contribution in [2.45, 2.75) is 38.1 Å². The highest BCUT2D eigenvalue weighted by Crippen LogP contribution is 2.45. The second kappa shape index (κ2) is 8.46. The number of nitrogens with two attached hydrogens (primary N) is 1. The maximum absolute atomic E-state index is 12.3. The molecule has 1 saturated carbocycles. The zero-order chi connectivity index (χ0) is 21.3. The molecule has 1 aliphatic heterocycles. The van der Waals surface area contributed by atoms with Crippen LogP contribution in [0.5, 0.6) is 5.75 Å². The number of benzene rings is 1. The highest BCUT2D eigenvalue weighted by Gasteiger charge is 2.43. The molecule has 4 rings (SSSR count). The molecule has 0 radical (unpaired) electrons. The first-order valence-electron chi connectivity index (χ1n) is 10.5. The van der Waals surface area contributed by atoms with Crippen LogP contribution in [0.15, 0.2) is 24.4 Å². The van der Waals surface area contributed by atoms with Crippen molar-refractivity contribution in [2.75, 3.05) is 13.2 Å². The van der Waals surface area contributed by atoms with Crippen LogP contribution in [0.1, 0.15) is 43.2 Å². The molecule has 158 valence electrons. The van der Waals surface area contributed by atoms with Crippen LogP contribution in [-0.2, 0) is 11.8 Å². The van der Waals surface area contributed by atoms with Gasteiger partial charge in [0.05, 0.1) is 30.1 Å². The number of aromatic nitrogens is 2. The van der Waals surface area contributed by atoms with E-state index in [1.54, 1.807) is 6.07 Å². The molecule has 0 bridgehead atoms. The molecule has 1 aliphatic carbocycles. The molecular formula is C22H28N6O2. The topological polar surface area (TPSA) is 118 Å². The molecule has 4 atom stereocenters. The van der Waals surface area contributed by atoms with E-state index >= 15 is 0 Å². The Kier molecular flexibility index (Phi) is 5.75. The van der Waals surface area contributed by atoms with E-state index in [1.165, 1.54) is 0 Å². The van der Waals surface area contributed by atoms with E-state index in [-0.39, 0.29) is 29.7 Å². The van der Waals surface area contributed by atoms with Crippen LogP contribution in [0.4, 0.5) is 0 Å². The summed E-state index contributed by atoms with van der Waals surface area (Å²) in [5.74, 6) is 1.19. The second-order valence-corrected chi connectivity index (χ2v) is 8.08. The van der Waals surface area contributed by atoms with Gasteiger partial charge >= 0.3 is 0 Å². The molecular weight excluding hydrogens is 380 g/mol. The number of rotatable bonds is 5. The van der Waals surface area contributed by atoms with Crippen LogP contribution >= 0.6 is 0 Å². The van der Waals surface area contributed by atoms with Crippen molar-refractivity contribution in [1.82, 2.24) is 20.6 Å². The van der Waals surface area contributed by atoms with Crippen LogP contribution in [0.3, 0.4) is 0 Å². The Bertz CT molecular complexity index is 978. The van der Waals surface area contributed by atoms with Crippen molar-refractivity contribution in [2.24, 2.45) is 24.6 Å². The van der Waals surface area contributed by atoms with E-state index in [2.05, 4.69) is 22.0 Å². The van der Waals surface area contributed by atoms with Crippen molar-refractivity contribution in [3.63, 3.8) is 0 Å². The van der Waals surface area contributed by atoms with E-state index in [0.717, 1.165) is 36.1 Å². The molecule has 8 nitrogen and oxygen atoms in total. The highest BCUT2D eigenvalue weighted by molar-refractivity contribution is 5.79. The molecule has 30 heavy (non-hydrogen) atoms. The van der Waals surface area contributed by atoms with Gasteiger partial charge in [0.1, 0.15) is 5.75 Å². The SMILES string of the molecule is CCOc1ccc(-c2c(C3CCC4C(=O)NNC(CN)C4C3)cnn2C)c(C#N)c1. The fourth-order valence-electron chi connectivity index (χ4n) is 5.02. The summed E-state index contributed by atoms with van der Waals surface area (Å²) >= 11 is 0. The Morgan fingerprint density at radius 2 is 2.23 bits per heavy atom. The largest absolute Gasteiger partial charge is 0.494 e. The van der Waals surface area contributed by atoms with Gasteiger partial charge in [-0.2, -0.15) is 10.4 Å². The van der Waals surface area contributed by atoms with Crippen molar-refractivity contribution in [3.05, 3.63) is 35.5 Å². The molecule has 2 heterocycles. The van der Waals surface area contributed by atoms with Crippen LogP contribution in [0.2, 0.25) is 0 Å². The lowest BCUT2D eigenvalue weighted by Gasteiger charge is -2.43. The lowest BCUT2D eigenvalue weighted by Crippen LogP contribution is -2.62. The number of aryl methyl sites for hydroxylation is 1. The van der Waals surface area contributed by atoms with E-state index in [4.69, 9.17) is 10.5 Å². The Morgan fingerprint density at radius 1 is 1.40 bits per heavy atom. The third-order valence-corrected chi connectivity index (χ3v) is 6.47. The number of nitrogens with zero attached hydrogens (tertiary/aromatic N) is 3. The van der Waals surface area contributed by atoms with Crippen LogP contribution in [0.25, 0.3) is 11.3 Å². The lowest BCUT2D eigenvalue weighted by atomic mass is 9.68. The van der Waals surface area contributed by atoms with E-state index in [0.29, 0.717) is 24.5 Å². The van der Waals surface area contributed by atoms with Gasteiger partial charge in [-0.05, 0) is 56.2 Å². The Hall–Kier alpha value is -2.89. The van der Waals surface area contributed by atoms with Gasteiger partial charge in [0.15, 0.2) is 0 Å². The fourth-order valence-corrected chi connectivity index (χ4v) is 5.02. The molecule has 1 amide bonds. The zero-order valence-electron chi connectivity index (χ0n) is 17.4. The number of carbonyl (C=O) groups excluding carboxylic acids is 1. The van der Waals surface area contributed by atoms with Gasteiger partial charge in [-0.25, -0.2) is 5.43 Å². The first kappa shape index (κ1) is 20.4. The number of fused-ring (bicyclic) bond motifs is 1. The van der Waals surface area contributed by atoms with Gasteiger partial charge in [0.25, 0.3) is 0 Å². The molecule has 1 aromatic heterocycles. The minimum Gasteiger partial charge on any atom is -0.494 e. The number of nitriles is 1. The van der Waals surface area contributed by atoms with Crippen LogP contribution in [0, 0.1) is 23.2 Å². The Labute approximate surface area is 176 Å². The van der Waals surface area contributed by atoms with E-state index in [1.807, 2.05) is 37.0 Å². The summed E-state index contributed by atoms with van der Waals surface area (Å²) in [5.41, 5.74) is 15.3. The number of hydrazine groups is 1. The zero-order valence-corrected chi connectivity index (χ0v) is 17.4. The summed E-state index contributed by atoms with van der Waals surface area (Å²) < 4.78 is 7.40. The first-order valence-corrected chi connectivity index (χ1v) is 10.5. The molecule has 1 saturated heterocycles. The maximum atomic E-state index is 12.3. The summed E-state index contributed by atoms with van der Waals surface area (Å²) in [6, 6.07) is 7.99. The minimum absolute atomic E-state index is 0.00341. The third kappa shape index (κ3) is 3.55. The molecule has 1 aromatic carbocycles. The highest BCUT2D eigenvalue weighted by atomic mass is 16.5. The molecule has 8 heteroatoms. The number of nitrogens with one attached hydrogen (secondary N) is 2. The van der Waals surface area contributed by atoms with Crippen molar-refractivity contribution in [1.29, 1.82) is 5.26 Å². The van der Waals surface area contributed by atoms with Gasteiger partial charge < -0.3 is 10.5 Å². The number of amides is 1. The second-order valence-electron chi connectivity index (χ2n) is 8.08. The normalized spacial score (nSPS) is 25.9. The fraction of sp³-hybridized carbons (Fsp3) is 0.500. The summed E-state index contributed by atoms with van der Waals surface area (Å²) in [4.78, 5) is 12.3. The van der Waals surface area contributed by atoms with Crippen LogP contribution < -0.4 is 21.3 Å². The summed E-state index contributed by atoms with van der Waals surface area (Å²) in [6.45, 7) is 2.95. The molecule has 0 spiro atoms. The monoisotopic (exact) mass is 408 g/mol. The quantitative estimate of drug-likeness (QED) is 0.695. The van der Waals surface area contributed by atoms with Gasteiger partial charge in [-0.3, -0.25) is 14.9 Å². The summed E-state index contributed by atoms with van der Waals surface area (Å²) in [5, 5.41) is 14.3. The molecule has 2 aliphatic rings. The minimum atomic E-state index is -0.00341. The smallest absolute Gasteiger partial charge is 0.237 e. The predicted octanol–water partition coefficient (Wildman–Crippen LogP) is 1.82. The Balaban J connectivity index is 1.68.